The van der Waals surface area contributed by atoms with E-state index >= 15 is 0 Å². The highest BCUT2D eigenvalue weighted by Gasteiger charge is 2.39. The molecule has 4 aromatic rings. The Hall–Kier alpha value is -4.15. The summed E-state index contributed by atoms with van der Waals surface area (Å²) >= 11 is 2.69. The Labute approximate surface area is 246 Å². The van der Waals surface area contributed by atoms with Gasteiger partial charge in [-0.1, -0.05) is 6.07 Å². The van der Waals surface area contributed by atoms with Crippen LogP contribution in [0.15, 0.2) is 53.9 Å². The fourth-order valence-corrected chi connectivity index (χ4v) is 6.44. The van der Waals surface area contributed by atoms with Crippen LogP contribution in [-0.4, -0.2) is 37.5 Å². The number of ether oxygens (including phenoxy) is 3. The highest BCUT2D eigenvalue weighted by atomic mass is 32.1. The molecular weight excluding hydrogens is 560 g/mol. The molecule has 0 spiro atoms. The van der Waals surface area contributed by atoms with E-state index in [0.717, 1.165) is 16.1 Å². The van der Waals surface area contributed by atoms with Gasteiger partial charge in [0.05, 0.1) is 18.5 Å². The number of amides is 1. The number of methoxy groups -OCH3 is 1. The molecule has 0 radical (unpaired) electrons. The first-order valence-electron chi connectivity index (χ1n) is 12.9. The van der Waals surface area contributed by atoms with Gasteiger partial charge in [0.15, 0.2) is 0 Å². The van der Waals surface area contributed by atoms with Crippen LogP contribution in [-0.2, 0) is 16.1 Å². The Morgan fingerprint density at radius 1 is 1.00 bits per heavy atom. The Kier molecular flexibility index (Phi) is 7.63. The van der Waals surface area contributed by atoms with Gasteiger partial charge in [0, 0.05) is 29.1 Å². The molecule has 2 aromatic carbocycles. The van der Waals surface area contributed by atoms with E-state index in [2.05, 4.69) is 5.32 Å². The van der Waals surface area contributed by atoms with Gasteiger partial charge in [-0.2, -0.15) is 0 Å². The number of hydrogen-bond donors (Lipinski definition) is 1. The second kappa shape index (κ2) is 11.0. The lowest BCUT2D eigenvalue weighted by Crippen LogP contribution is -2.52. The summed E-state index contributed by atoms with van der Waals surface area (Å²) in [6.07, 6.45) is 0. The summed E-state index contributed by atoms with van der Waals surface area (Å²) in [5.74, 6) is -0.216. The van der Waals surface area contributed by atoms with Crippen molar-refractivity contribution in [2.45, 2.75) is 39.8 Å². The number of nitrogens with zero attached hydrogens (tertiary/aromatic N) is 1. The van der Waals surface area contributed by atoms with Gasteiger partial charge in [-0.15, -0.1) is 22.7 Å². The summed E-state index contributed by atoms with van der Waals surface area (Å²) in [5.41, 5.74) is 3.44. The van der Waals surface area contributed by atoms with Crippen LogP contribution >= 0.6 is 22.7 Å². The summed E-state index contributed by atoms with van der Waals surface area (Å²) in [5, 5.41) is 5.16. The molecular formula is C31H30N2O6S2. The zero-order valence-electron chi connectivity index (χ0n) is 23.6. The van der Waals surface area contributed by atoms with Gasteiger partial charge in [-0.05, 0) is 80.6 Å². The van der Waals surface area contributed by atoms with Crippen molar-refractivity contribution in [1.29, 1.82) is 0 Å². The molecule has 0 saturated heterocycles. The van der Waals surface area contributed by atoms with Crippen molar-refractivity contribution >= 4 is 51.9 Å². The highest BCUT2D eigenvalue weighted by Crippen LogP contribution is 2.45. The Balaban J connectivity index is 1.55. The fraction of sp³-hybridized carbons (Fsp3) is 0.258. The number of rotatable bonds is 7. The average molecular weight is 591 g/mol. The molecule has 212 valence electrons. The van der Waals surface area contributed by atoms with Gasteiger partial charge in [0.25, 0.3) is 5.91 Å². The van der Waals surface area contributed by atoms with Crippen LogP contribution in [0, 0.1) is 13.8 Å². The zero-order chi connectivity index (χ0) is 29.5. The Morgan fingerprint density at radius 3 is 2.41 bits per heavy atom. The number of anilines is 2. The van der Waals surface area contributed by atoms with Crippen LogP contribution in [0.1, 0.15) is 49.2 Å². The van der Waals surface area contributed by atoms with Gasteiger partial charge in [-0.3, -0.25) is 4.79 Å². The molecule has 5 rings (SSSR count). The third-order valence-electron chi connectivity index (χ3n) is 6.91. The molecule has 0 saturated carbocycles. The molecule has 8 nitrogen and oxygen atoms in total. The quantitative estimate of drug-likeness (QED) is 0.186. The predicted octanol–water partition coefficient (Wildman–Crippen LogP) is 6.85. The monoisotopic (exact) mass is 590 g/mol. The minimum Gasteiger partial charge on any atom is -0.496 e. The summed E-state index contributed by atoms with van der Waals surface area (Å²) in [4.78, 5) is 42.5. The molecule has 1 aliphatic heterocycles. The molecule has 0 aliphatic carbocycles. The highest BCUT2D eigenvalue weighted by molar-refractivity contribution is 7.13. The molecule has 1 aliphatic rings. The number of hydrogen-bond acceptors (Lipinski definition) is 9. The lowest BCUT2D eigenvalue weighted by molar-refractivity contribution is -0.121. The predicted molar refractivity (Wildman–Crippen MR) is 162 cm³/mol. The summed E-state index contributed by atoms with van der Waals surface area (Å²) in [7, 11) is 3.25. The van der Waals surface area contributed by atoms with Gasteiger partial charge < -0.3 is 24.4 Å². The standard InChI is InChI=1S/C31H30N2O6S2/c1-17-13-14-40-27(17)29(35)39-19-8-9-21(24(15-19)37-6)20-10-11-23-26(33(5)30(36)31(3,4)32-23)22(20)16-38-28(34)25-12-7-18(2)41-25/h7-15,32H,16H2,1-6H3. The number of carbonyl (C=O) groups excluding carboxylic acids is 3. The zero-order valence-corrected chi connectivity index (χ0v) is 25.2. The van der Waals surface area contributed by atoms with Crippen LogP contribution in [0.4, 0.5) is 11.4 Å². The molecule has 0 bridgehead atoms. The summed E-state index contributed by atoms with van der Waals surface area (Å²) < 4.78 is 17.2. The number of likely N-dealkylation sites (N-methyl/N-ethyl adjacent to an activating group) is 1. The second-order valence-electron chi connectivity index (χ2n) is 10.3. The lowest BCUT2D eigenvalue weighted by Gasteiger charge is -2.39. The molecule has 1 N–H and O–H groups in total. The van der Waals surface area contributed by atoms with Gasteiger partial charge >= 0.3 is 11.9 Å². The van der Waals surface area contributed by atoms with Crippen molar-refractivity contribution in [3.8, 4) is 22.6 Å². The van der Waals surface area contributed by atoms with Crippen LogP contribution in [0.5, 0.6) is 11.5 Å². The van der Waals surface area contributed by atoms with Crippen LogP contribution in [0.25, 0.3) is 11.1 Å². The third kappa shape index (κ3) is 5.45. The van der Waals surface area contributed by atoms with Crippen LogP contribution in [0.2, 0.25) is 0 Å². The Morgan fingerprint density at radius 2 is 1.76 bits per heavy atom. The first-order chi connectivity index (χ1) is 19.5. The molecule has 41 heavy (non-hydrogen) atoms. The number of esters is 2. The van der Waals surface area contributed by atoms with E-state index < -0.39 is 17.5 Å². The van der Waals surface area contributed by atoms with E-state index in [-0.39, 0.29) is 12.5 Å². The maximum absolute atomic E-state index is 13.2. The second-order valence-corrected chi connectivity index (χ2v) is 12.5. The van der Waals surface area contributed by atoms with Gasteiger partial charge in [-0.25, -0.2) is 9.59 Å². The molecule has 1 amide bonds. The topological polar surface area (TPSA) is 94.2 Å². The minimum atomic E-state index is -0.810. The SMILES string of the molecule is COc1cc(OC(=O)c2sccc2C)ccc1-c1ccc2c(c1COC(=O)c1ccc(C)s1)N(C)C(=O)C(C)(C)N2. The van der Waals surface area contributed by atoms with Crippen LogP contribution in [0.3, 0.4) is 0 Å². The lowest BCUT2D eigenvalue weighted by atomic mass is 9.91. The fourth-order valence-electron chi connectivity index (χ4n) is 4.88. The number of thiophene rings is 2. The van der Waals surface area contributed by atoms with Gasteiger partial charge in [0.1, 0.15) is 33.4 Å². The normalized spacial score (nSPS) is 13.8. The van der Waals surface area contributed by atoms with Crippen LogP contribution < -0.4 is 19.7 Å². The third-order valence-corrected chi connectivity index (χ3v) is 8.89. The van der Waals surface area contributed by atoms with E-state index in [1.54, 1.807) is 36.2 Å². The minimum absolute atomic E-state index is 0.0778. The largest absolute Gasteiger partial charge is 0.496 e. The van der Waals surface area contributed by atoms with E-state index in [1.807, 2.05) is 57.3 Å². The first-order valence-corrected chi connectivity index (χ1v) is 14.6. The molecule has 0 atom stereocenters. The molecule has 3 heterocycles. The van der Waals surface area contributed by atoms with Gasteiger partial charge in [0.2, 0.25) is 0 Å². The number of fused-ring (bicyclic) bond motifs is 1. The summed E-state index contributed by atoms with van der Waals surface area (Å²) in [6.45, 7) is 7.35. The average Bonchev–Trinajstić information content (AvgIpc) is 3.58. The van der Waals surface area contributed by atoms with E-state index in [9.17, 15) is 14.4 Å². The molecule has 2 aromatic heterocycles. The summed E-state index contributed by atoms with van der Waals surface area (Å²) in [6, 6.07) is 14.4. The smallest absolute Gasteiger partial charge is 0.353 e. The molecule has 10 heteroatoms. The number of carbonyl (C=O) groups is 3. The molecule has 0 fully saturated rings. The van der Waals surface area contributed by atoms with E-state index in [0.29, 0.717) is 43.6 Å². The van der Waals surface area contributed by atoms with Crippen molar-refractivity contribution in [2.75, 3.05) is 24.4 Å². The number of benzene rings is 2. The van der Waals surface area contributed by atoms with Crippen molar-refractivity contribution < 1.29 is 28.6 Å². The maximum Gasteiger partial charge on any atom is 0.353 e. The van der Waals surface area contributed by atoms with Crippen molar-refractivity contribution in [1.82, 2.24) is 0 Å². The van der Waals surface area contributed by atoms with Crippen molar-refractivity contribution in [2.24, 2.45) is 0 Å². The maximum atomic E-state index is 13.2. The molecule has 0 unspecified atom stereocenters. The number of aryl methyl sites for hydroxylation is 2. The van der Waals surface area contributed by atoms with Crippen molar-refractivity contribution in [3.63, 3.8) is 0 Å². The Bertz CT molecular complexity index is 1670. The first kappa shape index (κ1) is 28.4. The van der Waals surface area contributed by atoms with Crippen molar-refractivity contribution in [3.05, 3.63) is 79.7 Å². The van der Waals surface area contributed by atoms with E-state index in [1.165, 1.54) is 29.8 Å². The van der Waals surface area contributed by atoms with E-state index in [4.69, 9.17) is 14.2 Å². The number of nitrogens with one attached hydrogen (secondary N) is 1.